The van der Waals surface area contributed by atoms with Crippen molar-refractivity contribution in [3.05, 3.63) is 0 Å². The summed E-state index contributed by atoms with van der Waals surface area (Å²) in [5.41, 5.74) is 6.91. The van der Waals surface area contributed by atoms with Gasteiger partial charge < -0.3 is 11.1 Å². The summed E-state index contributed by atoms with van der Waals surface area (Å²) in [6, 6.07) is 0. The van der Waals surface area contributed by atoms with Crippen LogP contribution in [0.4, 0.5) is 0 Å². The van der Waals surface area contributed by atoms with E-state index in [0.717, 1.165) is 13.1 Å². The average Bonchev–Trinajstić information content (AvgIpc) is 2.50. The molecule has 2 rings (SSSR count). The molecule has 0 spiro atoms. The van der Waals surface area contributed by atoms with Crippen LogP contribution in [0.1, 0.15) is 64.7 Å². The van der Waals surface area contributed by atoms with E-state index in [2.05, 4.69) is 12.2 Å². The molecule has 3 N–H and O–H groups in total. The maximum absolute atomic E-state index is 6.06. The number of hydrogen-bond acceptors (Lipinski definition) is 2. The molecule has 2 saturated carbocycles. The first-order valence-corrected chi connectivity index (χ1v) is 7.13. The van der Waals surface area contributed by atoms with Crippen LogP contribution in [-0.2, 0) is 0 Å². The topological polar surface area (TPSA) is 38.0 Å². The molecular weight excluding hydrogens is 196 g/mol. The maximum atomic E-state index is 6.06. The molecule has 0 aromatic rings. The highest BCUT2D eigenvalue weighted by Gasteiger charge is 2.35. The number of nitrogens with one attached hydrogen (secondary N) is 1. The standard InChI is InChI=1S/C14H28N2/c1-13(7-6-8-13)16-12-14(11-15)9-4-2-3-5-10-14/h16H,2-12,15H2,1H3. The summed E-state index contributed by atoms with van der Waals surface area (Å²) in [5.74, 6) is 0. The van der Waals surface area contributed by atoms with Crippen LogP contribution >= 0.6 is 0 Å². The Balaban J connectivity index is 1.87. The zero-order valence-electron chi connectivity index (χ0n) is 10.9. The van der Waals surface area contributed by atoms with Gasteiger partial charge in [0.25, 0.3) is 0 Å². The van der Waals surface area contributed by atoms with Gasteiger partial charge in [-0.15, -0.1) is 0 Å². The second-order valence-corrected chi connectivity index (χ2v) is 6.39. The predicted molar refractivity (Wildman–Crippen MR) is 69.4 cm³/mol. The lowest BCUT2D eigenvalue weighted by Crippen LogP contribution is -2.53. The zero-order chi connectivity index (χ0) is 11.5. The molecule has 0 unspecified atom stereocenters. The van der Waals surface area contributed by atoms with Gasteiger partial charge in [-0.1, -0.05) is 25.7 Å². The Labute approximate surface area is 100 Å². The van der Waals surface area contributed by atoms with Gasteiger partial charge in [-0.3, -0.25) is 0 Å². The highest BCUT2D eigenvalue weighted by atomic mass is 15.0. The van der Waals surface area contributed by atoms with Crippen molar-refractivity contribution >= 4 is 0 Å². The van der Waals surface area contributed by atoms with E-state index in [4.69, 9.17) is 5.73 Å². The monoisotopic (exact) mass is 224 g/mol. The molecule has 0 bridgehead atoms. The summed E-state index contributed by atoms with van der Waals surface area (Å²) in [6.07, 6.45) is 12.4. The van der Waals surface area contributed by atoms with Gasteiger partial charge in [0.15, 0.2) is 0 Å². The molecular formula is C14H28N2. The fourth-order valence-electron chi connectivity index (χ4n) is 3.22. The smallest absolute Gasteiger partial charge is 0.0153 e. The molecule has 0 aromatic heterocycles. The minimum absolute atomic E-state index is 0.412. The number of rotatable bonds is 4. The molecule has 2 aliphatic carbocycles. The van der Waals surface area contributed by atoms with Crippen molar-refractivity contribution in [3.63, 3.8) is 0 Å². The minimum Gasteiger partial charge on any atom is -0.330 e. The molecule has 0 radical (unpaired) electrons. The van der Waals surface area contributed by atoms with Crippen LogP contribution in [0.5, 0.6) is 0 Å². The first kappa shape index (κ1) is 12.4. The average molecular weight is 224 g/mol. The Bertz CT molecular complexity index is 213. The van der Waals surface area contributed by atoms with Crippen LogP contribution in [0.3, 0.4) is 0 Å². The van der Waals surface area contributed by atoms with E-state index in [0.29, 0.717) is 11.0 Å². The van der Waals surface area contributed by atoms with Crippen LogP contribution < -0.4 is 11.1 Å². The summed E-state index contributed by atoms with van der Waals surface area (Å²) in [5, 5.41) is 3.80. The molecule has 2 heteroatoms. The summed E-state index contributed by atoms with van der Waals surface area (Å²) in [4.78, 5) is 0. The second-order valence-electron chi connectivity index (χ2n) is 6.39. The van der Waals surface area contributed by atoms with E-state index < -0.39 is 0 Å². The van der Waals surface area contributed by atoms with Crippen molar-refractivity contribution < 1.29 is 0 Å². The van der Waals surface area contributed by atoms with Crippen molar-refractivity contribution in [2.24, 2.45) is 11.1 Å². The third kappa shape index (κ3) is 2.78. The third-order valence-corrected chi connectivity index (χ3v) is 4.94. The van der Waals surface area contributed by atoms with E-state index in [-0.39, 0.29) is 0 Å². The summed E-state index contributed by atoms with van der Waals surface area (Å²) in [7, 11) is 0. The highest BCUT2D eigenvalue weighted by Crippen LogP contribution is 2.36. The molecule has 0 amide bonds. The van der Waals surface area contributed by atoms with E-state index in [9.17, 15) is 0 Å². The molecule has 2 aliphatic rings. The van der Waals surface area contributed by atoms with E-state index in [1.54, 1.807) is 0 Å². The fraction of sp³-hybridized carbons (Fsp3) is 1.00. The van der Waals surface area contributed by atoms with Crippen LogP contribution in [0, 0.1) is 5.41 Å². The first-order chi connectivity index (χ1) is 7.68. The Morgan fingerprint density at radius 3 is 2.00 bits per heavy atom. The van der Waals surface area contributed by atoms with Crippen LogP contribution in [0.25, 0.3) is 0 Å². The third-order valence-electron chi connectivity index (χ3n) is 4.94. The van der Waals surface area contributed by atoms with Crippen molar-refractivity contribution in [3.8, 4) is 0 Å². The normalized spacial score (nSPS) is 28.1. The van der Waals surface area contributed by atoms with Crippen molar-refractivity contribution in [2.75, 3.05) is 13.1 Å². The molecule has 0 saturated heterocycles. The first-order valence-electron chi connectivity index (χ1n) is 7.13. The largest absolute Gasteiger partial charge is 0.330 e. The van der Waals surface area contributed by atoms with Crippen molar-refractivity contribution in [2.45, 2.75) is 70.3 Å². The lowest BCUT2D eigenvalue weighted by atomic mass is 9.75. The number of nitrogens with two attached hydrogens (primary N) is 1. The second kappa shape index (κ2) is 5.05. The van der Waals surface area contributed by atoms with Crippen molar-refractivity contribution in [1.29, 1.82) is 0 Å². The molecule has 0 aromatic carbocycles. The summed E-state index contributed by atoms with van der Waals surface area (Å²) < 4.78 is 0. The molecule has 2 nitrogen and oxygen atoms in total. The SMILES string of the molecule is CC1(NCC2(CN)CCCCCC2)CCC1. The lowest BCUT2D eigenvalue weighted by molar-refractivity contribution is 0.153. The molecule has 0 atom stereocenters. The van der Waals surface area contributed by atoms with Crippen molar-refractivity contribution in [1.82, 2.24) is 5.32 Å². The van der Waals surface area contributed by atoms with E-state index in [1.165, 1.54) is 57.8 Å². The molecule has 0 aliphatic heterocycles. The molecule has 2 fully saturated rings. The Morgan fingerprint density at radius 2 is 1.56 bits per heavy atom. The van der Waals surface area contributed by atoms with Crippen LogP contribution in [0.15, 0.2) is 0 Å². The predicted octanol–water partition coefficient (Wildman–Crippen LogP) is 2.82. The maximum Gasteiger partial charge on any atom is 0.0153 e. The Morgan fingerprint density at radius 1 is 0.938 bits per heavy atom. The van der Waals surface area contributed by atoms with Crippen LogP contribution in [0.2, 0.25) is 0 Å². The number of hydrogen-bond donors (Lipinski definition) is 2. The van der Waals surface area contributed by atoms with Gasteiger partial charge in [-0.2, -0.15) is 0 Å². The van der Waals surface area contributed by atoms with Gasteiger partial charge in [0, 0.05) is 12.1 Å². The van der Waals surface area contributed by atoms with E-state index in [1.807, 2.05) is 0 Å². The Kier molecular flexibility index (Phi) is 3.91. The zero-order valence-corrected chi connectivity index (χ0v) is 10.9. The van der Waals surface area contributed by atoms with Gasteiger partial charge >= 0.3 is 0 Å². The van der Waals surface area contributed by atoms with Gasteiger partial charge in [0.2, 0.25) is 0 Å². The molecule has 16 heavy (non-hydrogen) atoms. The fourth-order valence-corrected chi connectivity index (χ4v) is 3.22. The van der Waals surface area contributed by atoms with Crippen LogP contribution in [-0.4, -0.2) is 18.6 Å². The molecule has 0 heterocycles. The summed E-state index contributed by atoms with van der Waals surface area (Å²) >= 11 is 0. The van der Waals surface area contributed by atoms with E-state index >= 15 is 0 Å². The molecule has 94 valence electrons. The van der Waals surface area contributed by atoms with Gasteiger partial charge in [0.1, 0.15) is 0 Å². The van der Waals surface area contributed by atoms with Gasteiger partial charge in [-0.05, 0) is 51.0 Å². The summed E-state index contributed by atoms with van der Waals surface area (Å²) in [6.45, 7) is 4.40. The minimum atomic E-state index is 0.412. The highest BCUT2D eigenvalue weighted by molar-refractivity contribution is 4.95. The quantitative estimate of drug-likeness (QED) is 0.721. The van der Waals surface area contributed by atoms with Gasteiger partial charge in [0.05, 0.1) is 0 Å². The lowest BCUT2D eigenvalue weighted by Gasteiger charge is -2.43. The van der Waals surface area contributed by atoms with Gasteiger partial charge in [-0.25, -0.2) is 0 Å². The Hall–Kier alpha value is -0.0800.